The first kappa shape index (κ1) is 18.2. The van der Waals surface area contributed by atoms with E-state index < -0.39 is 6.10 Å². The van der Waals surface area contributed by atoms with Crippen LogP contribution in [0.25, 0.3) is 0 Å². The second-order valence-electron chi connectivity index (χ2n) is 7.55. The molecule has 0 radical (unpaired) electrons. The molecule has 5 heteroatoms. The summed E-state index contributed by atoms with van der Waals surface area (Å²) < 4.78 is 5.91. The summed E-state index contributed by atoms with van der Waals surface area (Å²) in [6.45, 7) is 7.72. The van der Waals surface area contributed by atoms with Crippen molar-refractivity contribution >= 4 is 5.91 Å². The normalized spacial score (nSPS) is 22.0. The summed E-state index contributed by atoms with van der Waals surface area (Å²) in [5.41, 5.74) is 3.39. The van der Waals surface area contributed by atoms with Gasteiger partial charge in [0.15, 0.2) is 0 Å². The minimum absolute atomic E-state index is 0.0994. The van der Waals surface area contributed by atoms with Gasteiger partial charge in [0, 0.05) is 12.6 Å². The highest BCUT2D eigenvalue weighted by atomic mass is 16.5. The van der Waals surface area contributed by atoms with E-state index in [1.807, 2.05) is 19.9 Å². The maximum Gasteiger partial charge on any atom is 0.237 e. The Kier molecular flexibility index (Phi) is 5.64. The van der Waals surface area contributed by atoms with Crippen molar-refractivity contribution in [2.75, 3.05) is 19.7 Å². The van der Waals surface area contributed by atoms with Crippen molar-refractivity contribution in [1.29, 1.82) is 0 Å². The van der Waals surface area contributed by atoms with Gasteiger partial charge < -0.3 is 15.2 Å². The van der Waals surface area contributed by atoms with Crippen LogP contribution in [0.15, 0.2) is 12.1 Å². The molecule has 138 valence electrons. The Balaban J connectivity index is 1.52. The number of nitrogens with zero attached hydrogens (tertiary/aromatic N) is 1. The van der Waals surface area contributed by atoms with Crippen molar-refractivity contribution in [1.82, 2.24) is 10.2 Å². The highest BCUT2D eigenvalue weighted by Gasteiger charge is 2.34. The average Bonchev–Trinajstić information content (AvgIpc) is 3.26. The summed E-state index contributed by atoms with van der Waals surface area (Å²) in [6, 6.07) is 4.41. The third-order valence-electron chi connectivity index (χ3n) is 5.33. The lowest BCUT2D eigenvalue weighted by Crippen LogP contribution is -2.47. The molecule has 1 amide bonds. The van der Waals surface area contributed by atoms with Crippen molar-refractivity contribution in [3.8, 4) is 5.75 Å². The fourth-order valence-electron chi connectivity index (χ4n) is 3.52. The molecule has 1 aromatic carbocycles. The lowest BCUT2D eigenvalue weighted by molar-refractivity contribution is -0.126. The van der Waals surface area contributed by atoms with Crippen LogP contribution >= 0.6 is 0 Å². The van der Waals surface area contributed by atoms with Crippen molar-refractivity contribution in [2.24, 2.45) is 0 Å². The lowest BCUT2D eigenvalue weighted by Gasteiger charge is -2.26. The first-order chi connectivity index (χ1) is 12.0. The number of amides is 1. The molecule has 0 bridgehead atoms. The van der Waals surface area contributed by atoms with Gasteiger partial charge in [-0.2, -0.15) is 0 Å². The number of β-amino-alcohol motifs (C(OH)–C–C–N with tert-alkyl or cyclic N) is 1. The zero-order chi connectivity index (χ0) is 18.0. The van der Waals surface area contributed by atoms with Gasteiger partial charge in [0.05, 0.1) is 6.04 Å². The molecule has 1 saturated carbocycles. The monoisotopic (exact) mass is 346 g/mol. The molecule has 25 heavy (non-hydrogen) atoms. The number of ether oxygens (including phenoxy) is 1. The highest BCUT2D eigenvalue weighted by Crippen LogP contribution is 2.26. The third kappa shape index (κ3) is 4.53. The van der Waals surface area contributed by atoms with Gasteiger partial charge in [-0.25, -0.2) is 0 Å². The van der Waals surface area contributed by atoms with Crippen LogP contribution in [-0.4, -0.2) is 53.8 Å². The zero-order valence-electron chi connectivity index (χ0n) is 15.5. The van der Waals surface area contributed by atoms with Crippen LogP contribution in [0.2, 0.25) is 0 Å². The second-order valence-corrected chi connectivity index (χ2v) is 7.55. The molecular weight excluding hydrogens is 316 g/mol. The third-order valence-corrected chi connectivity index (χ3v) is 5.33. The Morgan fingerprint density at radius 1 is 1.28 bits per heavy atom. The van der Waals surface area contributed by atoms with Crippen LogP contribution in [-0.2, 0) is 4.79 Å². The van der Waals surface area contributed by atoms with Crippen LogP contribution < -0.4 is 10.1 Å². The van der Waals surface area contributed by atoms with E-state index in [-0.39, 0.29) is 18.6 Å². The Bertz CT molecular complexity index is 628. The van der Waals surface area contributed by atoms with Gasteiger partial charge >= 0.3 is 0 Å². The van der Waals surface area contributed by atoms with Crippen LogP contribution in [0, 0.1) is 20.8 Å². The predicted molar refractivity (Wildman–Crippen MR) is 97.9 cm³/mol. The van der Waals surface area contributed by atoms with Crippen LogP contribution in [0.5, 0.6) is 5.75 Å². The Labute approximate surface area is 150 Å². The van der Waals surface area contributed by atoms with Gasteiger partial charge in [-0.05, 0) is 69.7 Å². The SMILES string of the molecule is Cc1ccc(C)c(OCC(O)CN2CCCC2C(=O)NC2CC2)c1C. The van der Waals surface area contributed by atoms with E-state index >= 15 is 0 Å². The minimum Gasteiger partial charge on any atom is -0.490 e. The Morgan fingerprint density at radius 2 is 2.00 bits per heavy atom. The molecule has 1 aliphatic heterocycles. The van der Waals surface area contributed by atoms with E-state index in [4.69, 9.17) is 4.74 Å². The van der Waals surface area contributed by atoms with Crippen LogP contribution in [0.4, 0.5) is 0 Å². The molecule has 2 unspecified atom stereocenters. The minimum atomic E-state index is -0.603. The number of carbonyl (C=O) groups excluding carboxylic acids is 1. The maximum atomic E-state index is 12.3. The van der Waals surface area contributed by atoms with Gasteiger partial charge in [0.1, 0.15) is 18.5 Å². The molecule has 1 saturated heterocycles. The number of rotatable bonds is 7. The summed E-state index contributed by atoms with van der Waals surface area (Å²) in [5, 5.41) is 13.5. The number of aliphatic hydroxyl groups is 1. The van der Waals surface area contributed by atoms with Crippen LogP contribution in [0.3, 0.4) is 0 Å². The van der Waals surface area contributed by atoms with Crippen molar-refractivity contribution in [2.45, 2.75) is 64.6 Å². The second kappa shape index (κ2) is 7.75. The van der Waals surface area contributed by atoms with Crippen molar-refractivity contribution in [3.05, 3.63) is 28.8 Å². The van der Waals surface area contributed by atoms with E-state index in [9.17, 15) is 9.90 Å². The van der Waals surface area contributed by atoms with Crippen molar-refractivity contribution < 1.29 is 14.6 Å². The molecule has 5 nitrogen and oxygen atoms in total. The maximum absolute atomic E-state index is 12.3. The molecule has 1 aliphatic carbocycles. The molecule has 2 atom stereocenters. The topological polar surface area (TPSA) is 61.8 Å². The number of aryl methyl sites for hydroxylation is 2. The van der Waals surface area contributed by atoms with Gasteiger partial charge in [-0.3, -0.25) is 9.69 Å². The molecular formula is C20H30N2O3. The fraction of sp³-hybridized carbons (Fsp3) is 0.650. The van der Waals surface area contributed by atoms with Gasteiger partial charge in [0.25, 0.3) is 0 Å². The summed E-state index contributed by atoms with van der Waals surface area (Å²) in [4.78, 5) is 14.4. The summed E-state index contributed by atoms with van der Waals surface area (Å²) >= 11 is 0. The van der Waals surface area contributed by atoms with E-state index in [1.165, 1.54) is 5.56 Å². The van der Waals surface area contributed by atoms with E-state index in [1.54, 1.807) is 0 Å². The van der Waals surface area contributed by atoms with E-state index in [0.29, 0.717) is 12.6 Å². The highest BCUT2D eigenvalue weighted by molar-refractivity contribution is 5.82. The smallest absolute Gasteiger partial charge is 0.237 e. The Morgan fingerprint density at radius 3 is 2.72 bits per heavy atom. The first-order valence-corrected chi connectivity index (χ1v) is 9.38. The average molecular weight is 346 g/mol. The molecule has 3 rings (SSSR count). The molecule has 1 aromatic rings. The fourth-order valence-corrected chi connectivity index (χ4v) is 3.52. The molecule has 0 aromatic heterocycles. The number of benzene rings is 1. The number of aliphatic hydroxyl groups excluding tert-OH is 1. The molecule has 1 heterocycles. The largest absolute Gasteiger partial charge is 0.490 e. The summed E-state index contributed by atoms with van der Waals surface area (Å²) in [5.74, 6) is 0.988. The quantitative estimate of drug-likeness (QED) is 0.794. The van der Waals surface area contributed by atoms with Gasteiger partial charge in [-0.1, -0.05) is 12.1 Å². The lowest BCUT2D eigenvalue weighted by atomic mass is 10.1. The molecule has 2 fully saturated rings. The number of hydrogen-bond acceptors (Lipinski definition) is 4. The summed E-state index contributed by atoms with van der Waals surface area (Å²) in [7, 11) is 0. The molecule has 2 N–H and O–H groups in total. The van der Waals surface area contributed by atoms with E-state index in [0.717, 1.165) is 49.1 Å². The first-order valence-electron chi connectivity index (χ1n) is 9.38. The zero-order valence-corrected chi connectivity index (χ0v) is 15.5. The summed E-state index contributed by atoms with van der Waals surface area (Å²) in [6.07, 6.45) is 3.48. The molecule has 0 spiro atoms. The van der Waals surface area contributed by atoms with Gasteiger partial charge in [-0.15, -0.1) is 0 Å². The number of hydrogen-bond donors (Lipinski definition) is 2. The number of carbonyl (C=O) groups is 1. The predicted octanol–water partition coefficient (Wildman–Crippen LogP) is 2.09. The van der Waals surface area contributed by atoms with Crippen molar-refractivity contribution in [3.63, 3.8) is 0 Å². The molecule has 2 aliphatic rings. The standard InChI is InChI=1S/C20H30N2O3/c1-13-6-7-14(2)19(15(13)3)25-12-17(23)11-22-10-4-5-18(22)20(24)21-16-8-9-16/h6-7,16-18,23H,4-5,8-12H2,1-3H3,(H,21,24). The number of nitrogens with one attached hydrogen (secondary N) is 1. The van der Waals surface area contributed by atoms with Gasteiger partial charge in [0.2, 0.25) is 5.91 Å². The number of likely N-dealkylation sites (tertiary alicyclic amines) is 1. The Hall–Kier alpha value is -1.59. The van der Waals surface area contributed by atoms with Crippen LogP contribution in [0.1, 0.15) is 42.4 Å². The van der Waals surface area contributed by atoms with E-state index in [2.05, 4.69) is 23.2 Å².